The highest BCUT2D eigenvalue weighted by molar-refractivity contribution is 5.69. The van der Waals surface area contributed by atoms with Crippen molar-refractivity contribution in [3.05, 3.63) is 0 Å². The Hall–Kier alpha value is -0.610. The largest absolute Gasteiger partial charge is 0.466 e. The van der Waals surface area contributed by atoms with E-state index in [2.05, 4.69) is 13.8 Å². The number of carbonyl (C=O) groups excluding carboxylic acids is 1. The van der Waals surface area contributed by atoms with Gasteiger partial charge in [0.15, 0.2) is 0 Å². The lowest BCUT2D eigenvalue weighted by atomic mass is 10.1. The fourth-order valence-corrected chi connectivity index (χ4v) is 3.78. The van der Waals surface area contributed by atoms with Crippen molar-refractivity contribution >= 4 is 5.97 Å². The molecule has 202 valence electrons. The Morgan fingerprint density at radius 1 is 0.515 bits per heavy atom. The van der Waals surface area contributed by atoms with Gasteiger partial charge in [-0.3, -0.25) is 4.79 Å². The van der Waals surface area contributed by atoms with E-state index in [0.29, 0.717) is 13.0 Å². The van der Waals surface area contributed by atoms with Gasteiger partial charge in [0.25, 0.3) is 0 Å². The molecule has 0 atom stereocenters. The van der Waals surface area contributed by atoms with Crippen LogP contribution in [0.3, 0.4) is 0 Å². The number of nitrogens with zero attached hydrogens (tertiary/aromatic N) is 1. The van der Waals surface area contributed by atoms with Gasteiger partial charge in [-0.2, -0.15) is 0 Å². The first-order valence-electron chi connectivity index (χ1n) is 14.3. The molecule has 0 aromatic heterocycles. The van der Waals surface area contributed by atoms with Crippen molar-refractivity contribution in [3.63, 3.8) is 0 Å². The van der Waals surface area contributed by atoms with Crippen LogP contribution in [0.1, 0.15) is 155 Å². The second-order valence-electron chi connectivity index (χ2n) is 10.0. The minimum Gasteiger partial charge on any atom is -0.466 e. The van der Waals surface area contributed by atoms with Crippen LogP contribution in [0.25, 0.3) is 0 Å². The highest BCUT2D eigenvalue weighted by atomic mass is 16.5. The van der Waals surface area contributed by atoms with Gasteiger partial charge in [0.05, 0.1) is 6.61 Å². The predicted molar refractivity (Wildman–Crippen MR) is 149 cm³/mol. The molecule has 0 saturated heterocycles. The lowest BCUT2D eigenvalue weighted by molar-refractivity contribution is -0.143. The number of unbranched alkanes of at least 4 members (excludes halogenated alkanes) is 19. The topological polar surface area (TPSA) is 64.5 Å². The van der Waals surface area contributed by atoms with Crippen molar-refractivity contribution in [2.75, 3.05) is 27.7 Å². The zero-order valence-electron chi connectivity index (χ0n) is 23.7. The van der Waals surface area contributed by atoms with E-state index in [1.807, 2.05) is 26.0 Å². The molecule has 0 heterocycles. The third-order valence-electron chi connectivity index (χ3n) is 5.75. The molecular weight excluding hydrogens is 408 g/mol. The average Bonchev–Trinajstić information content (AvgIpc) is 2.75. The molecule has 0 aromatic rings. The van der Waals surface area contributed by atoms with E-state index in [0.717, 1.165) is 12.8 Å². The van der Waals surface area contributed by atoms with E-state index in [9.17, 15) is 4.79 Å². The zero-order chi connectivity index (χ0) is 24.1. The molecule has 0 amide bonds. The van der Waals surface area contributed by atoms with Gasteiger partial charge in [-0.25, -0.2) is 0 Å². The summed E-state index contributed by atoms with van der Waals surface area (Å²) in [5, 5.41) is 0. The number of carbonyl (C=O) groups is 1. The number of hydrogen-bond donors (Lipinski definition) is 1. The van der Waals surface area contributed by atoms with E-state index < -0.39 is 0 Å². The van der Waals surface area contributed by atoms with Gasteiger partial charge in [-0.05, 0) is 34.0 Å². The molecule has 4 nitrogen and oxygen atoms in total. The summed E-state index contributed by atoms with van der Waals surface area (Å²) in [5.41, 5.74) is 0. The molecule has 0 bridgehead atoms. The van der Waals surface area contributed by atoms with Crippen LogP contribution in [0, 0.1) is 0 Å². The van der Waals surface area contributed by atoms with Crippen LogP contribution >= 0.6 is 0 Å². The molecule has 4 heteroatoms. The number of hydrogen-bond acceptors (Lipinski definition) is 4. The van der Waals surface area contributed by atoms with Crippen LogP contribution in [-0.2, 0) is 9.53 Å². The van der Waals surface area contributed by atoms with Gasteiger partial charge in [0.1, 0.15) is 0 Å². The number of ether oxygens (including phenoxy) is 1. The fraction of sp³-hybridized carbons (Fsp3) is 0.966. The van der Waals surface area contributed by atoms with Crippen molar-refractivity contribution < 1.29 is 9.53 Å². The molecule has 3 N–H and O–H groups in total. The van der Waals surface area contributed by atoms with Gasteiger partial charge < -0.3 is 15.8 Å². The molecule has 0 spiro atoms. The molecule has 0 aromatic carbocycles. The molecule has 0 saturated carbocycles. The summed E-state index contributed by atoms with van der Waals surface area (Å²) in [6.07, 6.45) is 28.4. The van der Waals surface area contributed by atoms with Crippen LogP contribution in [0.2, 0.25) is 0 Å². The minimum atomic E-state index is 0. The molecule has 0 aliphatic heterocycles. The summed E-state index contributed by atoms with van der Waals surface area (Å²) in [6, 6.07) is 0. The Bertz CT molecular complexity index is 346. The average molecular weight is 473 g/mol. The molecule has 0 rings (SSSR count). The van der Waals surface area contributed by atoms with E-state index in [4.69, 9.17) is 4.74 Å². The van der Waals surface area contributed by atoms with Crippen LogP contribution < -0.4 is 6.15 Å². The summed E-state index contributed by atoms with van der Waals surface area (Å²) in [6.45, 7) is 5.17. The molecule has 0 fully saturated rings. The third kappa shape index (κ3) is 42.1. The van der Waals surface area contributed by atoms with Gasteiger partial charge in [0, 0.05) is 6.42 Å². The van der Waals surface area contributed by atoms with E-state index in [1.165, 1.54) is 122 Å². The predicted octanol–water partition coefficient (Wildman–Crippen LogP) is 9.49. The second kappa shape index (κ2) is 33.6. The Morgan fingerprint density at radius 3 is 1.12 bits per heavy atom. The maximum absolute atomic E-state index is 11.7. The summed E-state index contributed by atoms with van der Waals surface area (Å²) in [4.78, 5) is 13.7. The second-order valence-corrected chi connectivity index (χ2v) is 10.0. The first kappa shape index (κ1) is 36.9. The van der Waals surface area contributed by atoms with Gasteiger partial charge in [-0.15, -0.1) is 0 Å². The number of rotatable bonds is 23. The smallest absolute Gasteiger partial charge is 0.305 e. The Balaban J connectivity index is -0.00000165. The van der Waals surface area contributed by atoms with Gasteiger partial charge in [-0.1, -0.05) is 136 Å². The van der Waals surface area contributed by atoms with Crippen molar-refractivity contribution in [2.45, 2.75) is 155 Å². The molecular formula is C29H64N2O2. The lowest BCUT2D eigenvalue weighted by Crippen LogP contribution is -2.05. The Kier molecular flexibility index (Phi) is 37.6. The molecule has 0 aliphatic rings. The van der Waals surface area contributed by atoms with Crippen LogP contribution in [0.4, 0.5) is 0 Å². The Morgan fingerprint density at radius 2 is 0.788 bits per heavy atom. The highest BCUT2D eigenvalue weighted by Gasteiger charge is 2.02. The lowest BCUT2D eigenvalue weighted by Gasteiger charge is -2.05. The molecule has 0 radical (unpaired) electrons. The summed E-state index contributed by atoms with van der Waals surface area (Å²) >= 11 is 0. The molecule has 0 aliphatic carbocycles. The van der Waals surface area contributed by atoms with Gasteiger partial charge >= 0.3 is 5.97 Å². The van der Waals surface area contributed by atoms with E-state index in [-0.39, 0.29) is 12.1 Å². The van der Waals surface area contributed by atoms with Crippen molar-refractivity contribution in [1.29, 1.82) is 0 Å². The molecule has 0 unspecified atom stereocenters. The standard InChI is InChI=1S/C26H52O2.C3H9N.H3N/c1-3-5-7-9-11-13-14-15-17-19-21-23-25-28-26(27)24-22-20-18-16-12-10-8-6-4-2;1-4(2)3;/h3-25H2,1-2H3;1-3H3;1H3. The first-order valence-corrected chi connectivity index (χ1v) is 14.3. The van der Waals surface area contributed by atoms with Gasteiger partial charge in [0.2, 0.25) is 0 Å². The maximum Gasteiger partial charge on any atom is 0.305 e. The minimum absolute atomic E-state index is 0. The Labute approximate surface area is 209 Å². The monoisotopic (exact) mass is 472 g/mol. The summed E-state index contributed by atoms with van der Waals surface area (Å²) in [5.74, 6) is 0.0195. The maximum atomic E-state index is 11.7. The van der Waals surface area contributed by atoms with Crippen molar-refractivity contribution in [3.8, 4) is 0 Å². The van der Waals surface area contributed by atoms with Crippen LogP contribution in [0.5, 0.6) is 0 Å². The SMILES string of the molecule is CCCCCCCCCCCCCCOC(=O)CCCCCCCCCCC.CN(C)C.N. The first-order chi connectivity index (χ1) is 15.5. The zero-order valence-corrected chi connectivity index (χ0v) is 23.7. The molecule has 33 heavy (non-hydrogen) atoms. The van der Waals surface area contributed by atoms with Crippen molar-refractivity contribution in [1.82, 2.24) is 11.1 Å². The normalized spacial score (nSPS) is 10.5. The van der Waals surface area contributed by atoms with Crippen LogP contribution in [0.15, 0.2) is 0 Å². The van der Waals surface area contributed by atoms with Crippen molar-refractivity contribution in [2.24, 2.45) is 0 Å². The fourth-order valence-electron chi connectivity index (χ4n) is 3.78. The highest BCUT2D eigenvalue weighted by Crippen LogP contribution is 2.13. The van der Waals surface area contributed by atoms with E-state index >= 15 is 0 Å². The van der Waals surface area contributed by atoms with E-state index in [1.54, 1.807) is 0 Å². The van der Waals surface area contributed by atoms with Crippen LogP contribution in [-0.4, -0.2) is 38.6 Å². The summed E-state index contributed by atoms with van der Waals surface area (Å²) in [7, 11) is 6.00. The third-order valence-corrected chi connectivity index (χ3v) is 5.75. The quantitative estimate of drug-likeness (QED) is 0.119. The summed E-state index contributed by atoms with van der Waals surface area (Å²) < 4.78 is 5.37. The number of esters is 1.